The number of nitrogens with one attached hydrogen (secondary N) is 1. The molecule has 0 fully saturated rings. The van der Waals surface area contributed by atoms with Crippen molar-refractivity contribution in [3.63, 3.8) is 0 Å². The van der Waals surface area contributed by atoms with Gasteiger partial charge in [0.15, 0.2) is 0 Å². The Morgan fingerprint density at radius 3 is 2.05 bits per heavy atom. The fourth-order valence-corrected chi connectivity index (χ4v) is 5.82. The minimum atomic E-state index is -4.11. The van der Waals surface area contributed by atoms with Gasteiger partial charge in [0.05, 0.1) is 10.6 Å². The van der Waals surface area contributed by atoms with E-state index in [0.717, 1.165) is 9.87 Å². The second-order valence-corrected chi connectivity index (χ2v) is 12.6. The molecule has 7 nitrogen and oxygen atoms in total. The topological polar surface area (TPSA) is 86.8 Å². The van der Waals surface area contributed by atoms with E-state index in [1.807, 2.05) is 39.8 Å². The van der Waals surface area contributed by atoms with Crippen molar-refractivity contribution in [1.29, 1.82) is 0 Å². The highest BCUT2D eigenvalue weighted by Gasteiger charge is 2.34. The lowest BCUT2D eigenvalue weighted by Gasteiger charge is -2.34. The normalized spacial score (nSPS) is 12.5. The highest BCUT2D eigenvalue weighted by Crippen LogP contribution is 2.28. The van der Waals surface area contributed by atoms with E-state index < -0.39 is 34.1 Å². The van der Waals surface area contributed by atoms with Crippen molar-refractivity contribution in [2.45, 2.75) is 64.1 Å². The van der Waals surface area contributed by atoms with Gasteiger partial charge in [-0.15, -0.1) is 0 Å². The minimum absolute atomic E-state index is 0.0336. The molecule has 0 heterocycles. The first-order chi connectivity index (χ1) is 18.3. The van der Waals surface area contributed by atoms with Crippen molar-refractivity contribution in [2.24, 2.45) is 0 Å². The van der Waals surface area contributed by atoms with Gasteiger partial charge >= 0.3 is 0 Å². The summed E-state index contributed by atoms with van der Waals surface area (Å²) in [6.45, 7) is 8.66. The molecule has 3 aromatic rings. The zero-order chi connectivity index (χ0) is 28.8. The van der Waals surface area contributed by atoms with E-state index in [9.17, 15) is 18.0 Å². The predicted octanol–water partition coefficient (Wildman–Crippen LogP) is 5.43. The van der Waals surface area contributed by atoms with Crippen LogP contribution in [0.1, 0.15) is 45.7 Å². The maximum absolute atomic E-state index is 14.0. The first-order valence-electron chi connectivity index (χ1n) is 12.9. The van der Waals surface area contributed by atoms with Gasteiger partial charge < -0.3 is 10.2 Å². The Hall–Kier alpha value is -3.36. The number of sulfonamides is 1. The number of benzene rings is 3. The number of nitrogens with zero attached hydrogens (tertiary/aromatic N) is 2. The Morgan fingerprint density at radius 2 is 1.46 bits per heavy atom. The van der Waals surface area contributed by atoms with E-state index in [-0.39, 0.29) is 17.3 Å². The van der Waals surface area contributed by atoms with Gasteiger partial charge in [0.2, 0.25) is 11.8 Å². The first kappa shape index (κ1) is 30.2. The molecule has 39 heavy (non-hydrogen) atoms. The summed E-state index contributed by atoms with van der Waals surface area (Å²) >= 11 is 6.41. The zero-order valence-electron chi connectivity index (χ0n) is 23.0. The van der Waals surface area contributed by atoms with E-state index in [1.54, 1.807) is 61.5 Å². The quantitative estimate of drug-likeness (QED) is 0.353. The Bertz CT molecular complexity index is 1400. The number of halogens is 1. The summed E-state index contributed by atoms with van der Waals surface area (Å²) in [7, 11) is -4.11. The van der Waals surface area contributed by atoms with Gasteiger partial charge in [0.25, 0.3) is 10.0 Å². The van der Waals surface area contributed by atoms with Crippen LogP contribution in [0.15, 0.2) is 83.8 Å². The average Bonchev–Trinajstić information content (AvgIpc) is 2.90. The minimum Gasteiger partial charge on any atom is -0.350 e. The molecule has 3 rings (SSSR count). The van der Waals surface area contributed by atoms with Gasteiger partial charge in [-0.25, -0.2) is 8.42 Å². The smallest absolute Gasteiger partial charge is 0.264 e. The number of amides is 2. The van der Waals surface area contributed by atoms with Gasteiger partial charge in [-0.2, -0.15) is 0 Å². The molecule has 0 aliphatic heterocycles. The number of aryl methyl sites for hydroxylation is 1. The van der Waals surface area contributed by atoms with E-state index in [2.05, 4.69) is 5.32 Å². The number of rotatable bonds is 10. The second kappa shape index (κ2) is 12.7. The van der Waals surface area contributed by atoms with Crippen molar-refractivity contribution in [1.82, 2.24) is 10.2 Å². The number of carbonyl (C=O) groups is 2. The predicted molar refractivity (Wildman–Crippen MR) is 156 cm³/mol. The van der Waals surface area contributed by atoms with Crippen molar-refractivity contribution >= 4 is 39.1 Å². The Balaban J connectivity index is 2.08. The van der Waals surface area contributed by atoms with E-state index in [1.165, 1.54) is 17.0 Å². The molecule has 0 aliphatic rings. The lowest BCUT2D eigenvalue weighted by molar-refractivity contribution is -0.140. The third kappa shape index (κ3) is 7.61. The van der Waals surface area contributed by atoms with Crippen LogP contribution in [-0.2, 0) is 32.6 Å². The number of para-hydroxylation sites is 1. The van der Waals surface area contributed by atoms with E-state index in [4.69, 9.17) is 11.6 Å². The second-order valence-electron chi connectivity index (χ2n) is 10.3. The summed E-state index contributed by atoms with van der Waals surface area (Å²) in [5.41, 5.74) is 1.32. The molecule has 0 bridgehead atoms. The van der Waals surface area contributed by atoms with E-state index >= 15 is 0 Å². The Labute approximate surface area is 236 Å². The molecule has 0 unspecified atom stereocenters. The summed E-state index contributed by atoms with van der Waals surface area (Å²) in [5.74, 6) is -0.883. The van der Waals surface area contributed by atoms with Crippen molar-refractivity contribution in [3.8, 4) is 0 Å². The molecule has 0 aromatic heterocycles. The van der Waals surface area contributed by atoms with Gasteiger partial charge in [-0.05, 0) is 69.5 Å². The summed E-state index contributed by atoms with van der Waals surface area (Å²) in [6.07, 6.45) is 0.568. The van der Waals surface area contributed by atoms with Crippen molar-refractivity contribution in [3.05, 3.63) is 95.0 Å². The molecule has 0 saturated heterocycles. The highest BCUT2D eigenvalue weighted by molar-refractivity contribution is 7.92. The molecule has 0 saturated carbocycles. The molecule has 3 aromatic carbocycles. The van der Waals surface area contributed by atoms with Crippen LogP contribution in [0.25, 0.3) is 0 Å². The highest BCUT2D eigenvalue weighted by atomic mass is 35.5. The van der Waals surface area contributed by atoms with Crippen LogP contribution in [0, 0.1) is 0 Å². The summed E-state index contributed by atoms with van der Waals surface area (Å²) in [4.78, 5) is 28.7. The van der Waals surface area contributed by atoms with Crippen LogP contribution in [0.2, 0.25) is 5.02 Å². The third-order valence-corrected chi connectivity index (χ3v) is 8.36. The molecular weight excluding hydrogens is 534 g/mol. The van der Waals surface area contributed by atoms with Crippen molar-refractivity contribution in [2.75, 3.05) is 10.8 Å². The molecule has 2 amide bonds. The van der Waals surface area contributed by atoms with E-state index in [0.29, 0.717) is 22.7 Å². The maximum Gasteiger partial charge on any atom is 0.264 e. The number of carbonyl (C=O) groups excluding carboxylic acids is 2. The van der Waals surface area contributed by atoms with Crippen LogP contribution in [0.5, 0.6) is 0 Å². The third-order valence-electron chi connectivity index (χ3n) is 6.22. The molecule has 1 N–H and O–H groups in total. The first-order valence-corrected chi connectivity index (χ1v) is 14.7. The van der Waals surface area contributed by atoms with Crippen LogP contribution >= 0.6 is 11.6 Å². The van der Waals surface area contributed by atoms with Gasteiger partial charge in [-0.3, -0.25) is 13.9 Å². The van der Waals surface area contributed by atoms with Gasteiger partial charge in [0, 0.05) is 17.1 Å². The van der Waals surface area contributed by atoms with Crippen LogP contribution < -0.4 is 9.62 Å². The number of hydrogen-bond acceptors (Lipinski definition) is 4. The fraction of sp³-hybridized carbons (Fsp3) is 0.333. The average molecular weight is 570 g/mol. The maximum atomic E-state index is 14.0. The molecule has 0 aliphatic carbocycles. The van der Waals surface area contributed by atoms with Crippen LogP contribution in [0.3, 0.4) is 0 Å². The Kier molecular flexibility index (Phi) is 9.80. The van der Waals surface area contributed by atoms with Crippen molar-refractivity contribution < 1.29 is 18.0 Å². The fourth-order valence-electron chi connectivity index (χ4n) is 4.15. The lowest BCUT2D eigenvalue weighted by atomic mass is 10.1. The summed E-state index contributed by atoms with van der Waals surface area (Å²) < 4.78 is 29.0. The van der Waals surface area contributed by atoms with Crippen LogP contribution in [0.4, 0.5) is 5.69 Å². The monoisotopic (exact) mass is 569 g/mol. The molecule has 9 heteroatoms. The largest absolute Gasteiger partial charge is 0.350 e. The lowest BCUT2D eigenvalue weighted by Crippen LogP contribution is -2.54. The summed E-state index contributed by atoms with van der Waals surface area (Å²) in [5, 5.41) is 3.36. The molecule has 0 radical (unpaired) electrons. The molecule has 208 valence electrons. The zero-order valence-corrected chi connectivity index (χ0v) is 24.6. The standard InChI is InChI=1S/C30H36ClN3O4S/c1-6-23-14-11-13-19-27(23)34(39(37,38)25-16-8-7-9-17-25)21-28(35)33(20-24-15-10-12-18-26(24)31)22(2)29(36)32-30(3,4)5/h7-19,22H,6,20-21H2,1-5H3,(H,32,36)/t22-/m1/s1. The molecular formula is C30H36ClN3O4S. The number of anilines is 1. The SMILES string of the molecule is CCc1ccccc1N(CC(=O)N(Cc1ccccc1Cl)[C@H](C)C(=O)NC(C)(C)C)S(=O)(=O)c1ccccc1. The van der Waals surface area contributed by atoms with Gasteiger partial charge in [0.1, 0.15) is 12.6 Å². The van der Waals surface area contributed by atoms with Crippen LogP contribution in [-0.4, -0.2) is 43.3 Å². The Morgan fingerprint density at radius 1 is 0.897 bits per heavy atom. The summed E-state index contributed by atoms with van der Waals surface area (Å²) in [6, 6.07) is 21.3. The van der Waals surface area contributed by atoms with Gasteiger partial charge in [-0.1, -0.05) is 73.1 Å². The number of hydrogen-bond donors (Lipinski definition) is 1. The molecule has 1 atom stereocenters. The molecule has 0 spiro atoms.